The molecule has 0 spiro atoms. The molecule has 0 N–H and O–H groups in total. The summed E-state index contributed by atoms with van der Waals surface area (Å²) in [7, 11) is -3.26. The minimum atomic E-state index is -3.26. The highest BCUT2D eigenvalue weighted by atomic mass is 32.2. The molecule has 0 fully saturated rings. The number of hydrogen-bond donors (Lipinski definition) is 0. The van der Waals surface area contributed by atoms with E-state index in [0.29, 0.717) is 12.1 Å². The van der Waals surface area contributed by atoms with Crippen LogP contribution in [0.25, 0.3) is 0 Å². The Kier molecular flexibility index (Phi) is 4.90. The molecule has 0 aliphatic heterocycles. The fourth-order valence-corrected chi connectivity index (χ4v) is 3.18. The normalized spacial score (nSPS) is 11.3. The third-order valence-corrected chi connectivity index (χ3v) is 4.74. The Morgan fingerprint density at radius 2 is 1.52 bits per heavy atom. The fraction of sp³-hybridized carbons (Fsp3) is 0.278. The van der Waals surface area contributed by atoms with Gasteiger partial charge >= 0.3 is 0 Å². The second-order valence-electron chi connectivity index (χ2n) is 5.69. The third-order valence-electron chi connectivity index (χ3n) is 3.61. The number of benzene rings is 2. The highest BCUT2D eigenvalue weighted by molar-refractivity contribution is 7.90. The molecule has 0 aliphatic rings. The van der Waals surface area contributed by atoms with Crippen molar-refractivity contribution in [3.05, 3.63) is 59.2 Å². The van der Waals surface area contributed by atoms with Crippen molar-refractivity contribution in [1.29, 1.82) is 0 Å². The summed E-state index contributed by atoms with van der Waals surface area (Å²) in [5.74, 6) is -0.141. The zero-order valence-electron chi connectivity index (χ0n) is 13.8. The van der Waals surface area contributed by atoms with E-state index in [2.05, 4.69) is 6.07 Å². The van der Waals surface area contributed by atoms with Gasteiger partial charge in [0.1, 0.15) is 0 Å². The highest BCUT2D eigenvalue weighted by Gasteiger charge is 2.17. The molecule has 5 heteroatoms. The van der Waals surface area contributed by atoms with Crippen molar-refractivity contribution in [2.45, 2.75) is 25.7 Å². The van der Waals surface area contributed by atoms with Crippen molar-refractivity contribution in [3.63, 3.8) is 0 Å². The molecule has 2 aromatic carbocycles. The molecule has 1 amide bonds. The number of sulfone groups is 1. The molecule has 2 aromatic rings. The number of carbonyl (C=O) groups is 1. The molecule has 0 saturated carbocycles. The Morgan fingerprint density at radius 1 is 1.00 bits per heavy atom. The van der Waals surface area contributed by atoms with Gasteiger partial charge < -0.3 is 4.90 Å². The van der Waals surface area contributed by atoms with Crippen molar-refractivity contribution in [2.24, 2.45) is 0 Å². The first kappa shape index (κ1) is 17.2. The summed E-state index contributed by atoms with van der Waals surface area (Å²) in [4.78, 5) is 14.6. The quantitative estimate of drug-likeness (QED) is 0.863. The van der Waals surface area contributed by atoms with Gasteiger partial charge in [0.2, 0.25) is 0 Å². The second-order valence-corrected chi connectivity index (χ2v) is 7.71. The van der Waals surface area contributed by atoms with Crippen molar-refractivity contribution in [1.82, 2.24) is 0 Å². The summed E-state index contributed by atoms with van der Waals surface area (Å²) in [5, 5.41) is 0. The number of amides is 1. The number of anilines is 1. The Bertz CT molecular complexity index is 804. The van der Waals surface area contributed by atoms with Gasteiger partial charge in [0.15, 0.2) is 9.84 Å². The second kappa shape index (κ2) is 6.54. The zero-order valence-corrected chi connectivity index (χ0v) is 14.6. The Labute approximate surface area is 137 Å². The summed E-state index contributed by atoms with van der Waals surface area (Å²) in [6, 6.07) is 12.1. The van der Waals surface area contributed by atoms with E-state index in [1.54, 1.807) is 17.0 Å². The van der Waals surface area contributed by atoms with Crippen LogP contribution in [0.2, 0.25) is 0 Å². The molecule has 4 nitrogen and oxygen atoms in total. The van der Waals surface area contributed by atoms with E-state index in [9.17, 15) is 13.2 Å². The average molecular weight is 331 g/mol. The van der Waals surface area contributed by atoms with Gasteiger partial charge in [-0.3, -0.25) is 4.79 Å². The van der Waals surface area contributed by atoms with Crippen LogP contribution < -0.4 is 4.90 Å². The van der Waals surface area contributed by atoms with Crippen LogP contribution in [0.3, 0.4) is 0 Å². The molecule has 0 saturated heterocycles. The van der Waals surface area contributed by atoms with Crippen LogP contribution in [0.15, 0.2) is 47.4 Å². The van der Waals surface area contributed by atoms with Gasteiger partial charge in [-0.25, -0.2) is 8.42 Å². The van der Waals surface area contributed by atoms with E-state index < -0.39 is 9.84 Å². The van der Waals surface area contributed by atoms with Gasteiger partial charge in [0.25, 0.3) is 5.91 Å². The molecule has 23 heavy (non-hydrogen) atoms. The predicted molar refractivity (Wildman–Crippen MR) is 92.8 cm³/mol. The molecule has 0 radical (unpaired) electrons. The lowest BCUT2D eigenvalue weighted by atomic mass is 10.1. The number of nitrogens with zero attached hydrogens (tertiary/aromatic N) is 1. The summed E-state index contributed by atoms with van der Waals surface area (Å²) < 4.78 is 23.0. The van der Waals surface area contributed by atoms with Crippen molar-refractivity contribution in [3.8, 4) is 0 Å². The van der Waals surface area contributed by atoms with Gasteiger partial charge in [-0.1, -0.05) is 6.07 Å². The van der Waals surface area contributed by atoms with E-state index in [1.165, 1.54) is 12.1 Å². The van der Waals surface area contributed by atoms with E-state index in [-0.39, 0.29) is 10.8 Å². The monoisotopic (exact) mass is 331 g/mol. The van der Waals surface area contributed by atoms with Crippen molar-refractivity contribution < 1.29 is 13.2 Å². The minimum absolute atomic E-state index is 0.141. The van der Waals surface area contributed by atoms with E-state index >= 15 is 0 Å². The summed E-state index contributed by atoms with van der Waals surface area (Å²) >= 11 is 0. The Morgan fingerprint density at radius 3 is 1.96 bits per heavy atom. The van der Waals surface area contributed by atoms with E-state index in [1.807, 2.05) is 32.9 Å². The Hall–Kier alpha value is -2.14. The molecule has 0 atom stereocenters. The largest absolute Gasteiger partial charge is 0.309 e. The maximum absolute atomic E-state index is 12.7. The fourth-order valence-electron chi connectivity index (χ4n) is 2.55. The first-order chi connectivity index (χ1) is 10.7. The number of hydrogen-bond acceptors (Lipinski definition) is 3. The van der Waals surface area contributed by atoms with Gasteiger partial charge in [-0.2, -0.15) is 0 Å². The minimum Gasteiger partial charge on any atom is -0.309 e. The molecular formula is C18H21NO3S. The number of rotatable bonds is 4. The van der Waals surface area contributed by atoms with Crippen LogP contribution in [0.4, 0.5) is 5.69 Å². The molecule has 122 valence electrons. The predicted octanol–water partition coefficient (Wildman–Crippen LogP) is 3.37. The molecular weight excluding hydrogens is 310 g/mol. The lowest BCUT2D eigenvalue weighted by molar-refractivity contribution is 0.0988. The molecule has 0 aromatic heterocycles. The zero-order chi connectivity index (χ0) is 17.2. The van der Waals surface area contributed by atoms with Gasteiger partial charge in [0.05, 0.1) is 4.90 Å². The third kappa shape index (κ3) is 3.99. The first-order valence-corrected chi connectivity index (χ1v) is 9.32. The van der Waals surface area contributed by atoms with Crippen LogP contribution in [0, 0.1) is 13.8 Å². The van der Waals surface area contributed by atoms with Gasteiger partial charge in [-0.15, -0.1) is 0 Å². The summed E-state index contributed by atoms with van der Waals surface area (Å²) in [6.07, 6.45) is 1.15. The maximum Gasteiger partial charge on any atom is 0.258 e. The van der Waals surface area contributed by atoms with Crippen molar-refractivity contribution in [2.75, 3.05) is 17.7 Å². The highest BCUT2D eigenvalue weighted by Crippen LogP contribution is 2.21. The summed E-state index contributed by atoms with van der Waals surface area (Å²) in [5.41, 5.74) is 3.51. The molecule has 0 heterocycles. The van der Waals surface area contributed by atoms with Gasteiger partial charge in [-0.05, 0) is 68.3 Å². The van der Waals surface area contributed by atoms with Crippen LogP contribution in [0.1, 0.15) is 28.4 Å². The lowest BCUT2D eigenvalue weighted by Gasteiger charge is -2.22. The number of carbonyl (C=O) groups excluding carboxylic acids is 1. The van der Waals surface area contributed by atoms with Crippen LogP contribution in [-0.4, -0.2) is 27.1 Å². The average Bonchev–Trinajstić information content (AvgIpc) is 2.46. The first-order valence-electron chi connectivity index (χ1n) is 7.42. The van der Waals surface area contributed by atoms with Crippen LogP contribution >= 0.6 is 0 Å². The maximum atomic E-state index is 12.7. The smallest absolute Gasteiger partial charge is 0.258 e. The molecule has 2 rings (SSSR count). The van der Waals surface area contributed by atoms with Crippen LogP contribution in [0.5, 0.6) is 0 Å². The molecule has 0 bridgehead atoms. The topological polar surface area (TPSA) is 54.5 Å². The van der Waals surface area contributed by atoms with Crippen molar-refractivity contribution >= 4 is 21.4 Å². The van der Waals surface area contributed by atoms with E-state index in [0.717, 1.165) is 23.1 Å². The Balaban J connectivity index is 2.36. The molecule has 0 aliphatic carbocycles. The standard InChI is InChI=1S/C18H21NO3S/c1-5-19(16-11-13(2)10-14(3)12-16)18(20)15-6-8-17(9-7-15)23(4,21)22/h6-12H,5H2,1-4H3. The number of aryl methyl sites for hydroxylation is 2. The van der Waals surface area contributed by atoms with E-state index in [4.69, 9.17) is 0 Å². The summed E-state index contributed by atoms with van der Waals surface area (Å²) in [6.45, 7) is 6.45. The van der Waals surface area contributed by atoms with Gasteiger partial charge in [0, 0.05) is 24.1 Å². The molecule has 0 unspecified atom stereocenters. The SMILES string of the molecule is CCN(C(=O)c1ccc(S(C)(=O)=O)cc1)c1cc(C)cc(C)c1. The lowest BCUT2D eigenvalue weighted by Crippen LogP contribution is -2.30. The van der Waals surface area contributed by atoms with Crippen LogP contribution in [-0.2, 0) is 9.84 Å².